The Morgan fingerprint density at radius 2 is 1.86 bits per heavy atom. The summed E-state index contributed by atoms with van der Waals surface area (Å²) in [6.45, 7) is 5.50. The number of ether oxygens (including phenoxy) is 2. The van der Waals surface area contributed by atoms with Crippen molar-refractivity contribution in [3.05, 3.63) is 35.9 Å². The topological polar surface area (TPSA) is 67.9 Å². The molecule has 120 valence electrons. The zero-order valence-corrected chi connectivity index (χ0v) is 13.2. The first-order valence-electron chi connectivity index (χ1n) is 7.35. The highest BCUT2D eigenvalue weighted by atomic mass is 16.6. The van der Waals surface area contributed by atoms with Gasteiger partial charge in [0.2, 0.25) is 0 Å². The third kappa shape index (κ3) is 5.27. The normalized spacial score (nSPS) is 14.1. The highest BCUT2D eigenvalue weighted by Crippen LogP contribution is 2.26. The second kappa shape index (κ2) is 6.68. The van der Waals surface area contributed by atoms with Gasteiger partial charge in [0.1, 0.15) is 12.2 Å². The number of carbonyl (C=O) groups excluding carboxylic acids is 2. The number of rotatable bonds is 3. The predicted molar refractivity (Wildman–Crippen MR) is 80.9 cm³/mol. The molecule has 1 aromatic carbocycles. The van der Waals surface area contributed by atoms with Gasteiger partial charge in [-0.05, 0) is 39.2 Å². The molecule has 0 saturated heterocycles. The number of hydrogen-bond donors (Lipinski definition) is 1. The number of nitrogens with zero attached hydrogens (tertiary/aromatic N) is 1. The predicted octanol–water partition coefficient (Wildman–Crippen LogP) is 3.23. The Labute approximate surface area is 130 Å². The number of nitrogens with one attached hydrogen (secondary N) is 1. The first kappa shape index (κ1) is 16.1. The van der Waals surface area contributed by atoms with Crippen LogP contribution in [0.1, 0.15) is 39.2 Å². The molecule has 0 heterocycles. The van der Waals surface area contributed by atoms with Crippen LogP contribution < -0.4 is 5.43 Å². The van der Waals surface area contributed by atoms with Gasteiger partial charge < -0.3 is 9.47 Å². The Kier molecular flexibility index (Phi) is 4.90. The summed E-state index contributed by atoms with van der Waals surface area (Å²) in [7, 11) is 0. The Bertz CT molecular complexity index is 521. The number of amides is 2. The molecular weight excluding hydrogens is 284 g/mol. The quantitative estimate of drug-likeness (QED) is 0.871. The van der Waals surface area contributed by atoms with Gasteiger partial charge in [-0.15, -0.1) is 0 Å². The van der Waals surface area contributed by atoms with E-state index in [4.69, 9.17) is 9.47 Å². The Morgan fingerprint density at radius 1 is 1.23 bits per heavy atom. The minimum absolute atomic E-state index is 0.0147. The van der Waals surface area contributed by atoms with E-state index >= 15 is 0 Å². The summed E-state index contributed by atoms with van der Waals surface area (Å²) in [6.07, 6.45) is 0.462. The maximum atomic E-state index is 12.1. The van der Waals surface area contributed by atoms with Crippen LogP contribution in [-0.2, 0) is 16.1 Å². The molecule has 0 bridgehead atoms. The molecule has 22 heavy (non-hydrogen) atoms. The van der Waals surface area contributed by atoms with E-state index in [0.717, 1.165) is 18.4 Å². The average molecular weight is 306 g/mol. The van der Waals surface area contributed by atoms with Crippen molar-refractivity contribution in [2.75, 3.05) is 0 Å². The minimum atomic E-state index is -0.665. The lowest BCUT2D eigenvalue weighted by Gasteiger charge is -2.27. The maximum absolute atomic E-state index is 12.1. The fourth-order valence-electron chi connectivity index (χ4n) is 1.78. The van der Waals surface area contributed by atoms with Gasteiger partial charge in [0.25, 0.3) is 0 Å². The first-order chi connectivity index (χ1) is 10.3. The lowest BCUT2D eigenvalue weighted by molar-refractivity contribution is 0.00949. The summed E-state index contributed by atoms with van der Waals surface area (Å²) in [5, 5.41) is 1.22. The van der Waals surface area contributed by atoms with Crippen LogP contribution in [0.15, 0.2) is 30.3 Å². The van der Waals surface area contributed by atoms with Crippen LogP contribution in [0.5, 0.6) is 0 Å². The van der Waals surface area contributed by atoms with Gasteiger partial charge >= 0.3 is 12.2 Å². The number of hydrogen-bond acceptors (Lipinski definition) is 4. The highest BCUT2D eigenvalue weighted by Gasteiger charge is 2.37. The first-order valence-corrected chi connectivity index (χ1v) is 7.35. The number of benzene rings is 1. The molecule has 1 aliphatic rings. The molecule has 0 aliphatic heterocycles. The maximum Gasteiger partial charge on any atom is 0.429 e. The molecule has 1 N–H and O–H groups in total. The Balaban J connectivity index is 1.85. The smallest absolute Gasteiger partial charge is 0.429 e. The van der Waals surface area contributed by atoms with Gasteiger partial charge in [-0.2, -0.15) is 0 Å². The molecule has 2 rings (SSSR count). The van der Waals surface area contributed by atoms with Crippen molar-refractivity contribution in [1.82, 2.24) is 10.4 Å². The van der Waals surface area contributed by atoms with Gasteiger partial charge in [-0.1, -0.05) is 30.3 Å². The fourth-order valence-corrected chi connectivity index (χ4v) is 1.78. The van der Waals surface area contributed by atoms with Crippen molar-refractivity contribution in [2.24, 2.45) is 0 Å². The molecular formula is C16H22N2O4. The van der Waals surface area contributed by atoms with E-state index in [0.29, 0.717) is 0 Å². The van der Waals surface area contributed by atoms with Gasteiger partial charge in [-0.25, -0.2) is 20.0 Å². The molecule has 2 amide bonds. The van der Waals surface area contributed by atoms with Crippen molar-refractivity contribution in [3.63, 3.8) is 0 Å². The summed E-state index contributed by atoms with van der Waals surface area (Å²) in [5.74, 6) is 0. The molecule has 6 heteroatoms. The van der Waals surface area contributed by atoms with Gasteiger partial charge in [0.15, 0.2) is 0 Å². The molecule has 1 aromatic rings. The third-order valence-electron chi connectivity index (χ3n) is 2.93. The van der Waals surface area contributed by atoms with Gasteiger partial charge in [0.05, 0.1) is 6.04 Å². The fraction of sp³-hybridized carbons (Fsp3) is 0.500. The zero-order valence-electron chi connectivity index (χ0n) is 13.2. The zero-order chi connectivity index (χ0) is 16.2. The monoisotopic (exact) mass is 306 g/mol. The van der Waals surface area contributed by atoms with Crippen LogP contribution in [-0.4, -0.2) is 28.8 Å². The molecule has 1 fully saturated rings. The van der Waals surface area contributed by atoms with Crippen LogP contribution >= 0.6 is 0 Å². The van der Waals surface area contributed by atoms with Gasteiger partial charge in [0, 0.05) is 0 Å². The van der Waals surface area contributed by atoms with E-state index in [-0.39, 0.29) is 12.6 Å². The lowest BCUT2D eigenvalue weighted by Crippen LogP contribution is -2.49. The minimum Gasteiger partial charge on any atom is -0.443 e. The molecule has 0 spiro atoms. The standard InChI is InChI=1S/C16H22N2O4/c1-16(2,3)22-15(20)18(13-9-10-13)17-14(19)21-11-12-7-5-4-6-8-12/h4-8,13H,9-11H2,1-3H3,(H,17,19). The van der Waals surface area contributed by atoms with E-state index in [1.807, 2.05) is 30.3 Å². The van der Waals surface area contributed by atoms with Crippen LogP contribution in [0.3, 0.4) is 0 Å². The van der Waals surface area contributed by atoms with Gasteiger partial charge in [-0.3, -0.25) is 0 Å². The van der Waals surface area contributed by atoms with Crippen molar-refractivity contribution in [3.8, 4) is 0 Å². The molecule has 0 atom stereocenters. The van der Waals surface area contributed by atoms with E-state index < -0.39 is 17.8 Å². The van der Waals surface area contributed by atoms with Crippen molar-refractivity contribution >= 4 is 12.2 Å². The third-order valence-corrected chi connectivity index (χ3v) is 2.93. The summed E-state index contributed by atoms with van der Waals surface area (Å²) in [4.78, 5) is 23.9. The molecule has 6 nitrogen and oxygen atoms in total. The second-order valence-corrected chi connectivity index (χ2v) is 6.26. The Morgan fingerprint density at radius 3 is 2.41 bits per heavy atom. The summed E-state index contributed by atoms with van der Waals surface area (Å²) < 4.78 is 10.4. The molecule has 1 saturated carbocycles. The largest absolute Gasteiger partial charge is 0.443 e. The second-order valence-electron chi connectivity index (χ2n) is 6.26. The SMILES string of the molecule is CC(C)(C)OC(=O)N(NC(=O)OCc1ccccc1)C1CC1. The summed E-state index contributed by atoms with van der Waals surface area (Å²) in [5.41, 5.74) is 2.74. The number of carbonyl (C=O) groups is 2. The van der Waals surface area contributed by atoms with Crippen molar-refractivity contribution in [2.45, 2.75) is 51.9 Å². The lowest BCUT2D eigenvalue weighted by atomic mass is 10.2. The van der Waals surface area contributed by atoms with E-state index in [1.165, 1.54) is 5.01 Å². The summed E-state index contributed by atoms with van der Waals surface area (Å²) in [6, 6.07) is 9.33. The van der Waals surface area contributed by atoms with E-state index in [1.54, 1.807) is 20.8 Å². The Hall–Kier alpha value is -2.24. The van der Waals surface area contributed by atoms with Crippen LogP contribution in [0.4, 0.5) is 9.59 Å². The van der Waals surface area contributed by atoms with Crippen molar-refractivity contribution in [1.29, 1.82) is 0 Å². The number of hydrazine groups is 1. The highest BCUT2D eigenvalue weighted by molar-refractivity contribution is 5.74. The molecule has 0 aromatic heterocycles. The summed E-state index contributed by atoms with van der Waals surface area (Å²) >= 11 is 0. The van der Waals surface area contributed by atoms with Crippen LogP contribution in [0.25, 0.3) is 0 Å². The molecule has 1 aliphatic carbocycles. The van der Waals surface area contributed by atoms with Crippen LogP contribution in [0.2, 0.25) is 0 Å². The van der Waals surface area contributed by atoms with Crippen molar-refractivity contribution < 1.29 is 19.1 Å². The molecule has 0 unspecified atom stereocenters. The van der Waals surface area contributed by atoms with E-state index in [9.17, 15) is 9.59 Å². The van der Waals surface area contributed by atoms with E-state index in [2.05, 4.69) is 5.43 Å². The average Bonchev–Trinajstić information content (AvgIpc) is 3.26. The molecule has 0 radical (unpaired) electrons. The van der Waals surface area contributed by atoms with Crippen LogP contribution in [0, 0.1) is 0 Å².